The molecule has 1 fully saturated rings. The summed E-state index contributed by atoms with van der Waals surface area (Å²) in [6, 6.07) is 9.05. The van der Waals surface area contributed by atoms with Gasteiger partial charge in [-0.15, -0.1) is 0 Å². The molecule has 2 aliphatic rings. The number of hydrogen-bond acceptors (Lipinski definition) is 6. The zero-order valence-electron chi connectivity index (χ0n) is 21.2. The number of alkyl halides is 3. The summed E-state index contributed by atoms with van der Waals surface area (Å²) in [6.07, 6.45) is 1.02. The summed E-state index contributed by atoms with van der Waals surface area (Å²) in [5, 5.41) is 7.20. The predicted octanol–water partition coefficient (Wildman–Crippen LogP) is 4.80. The number of nitrogens with zero attached hydrogens (tertiary/aromatic N) is 4. The highest BCUT2D eigenvalue weighted by Gasteiger charge is 2.68. The highest BCUT2D eigenvalue weighted by atomic mass is 19.4. The molecule has 0 saturated carbocycles. The molecule has 2 atom stereocenters. The van der Waals surface area contributed by atoms with E-state index in [1.165, 1.54) is 10.9 Å². The highest BCUT2D eigenvalue weighted by Crippen LogP contribution is 2.57. The summed E-state index contributed by atoms with van der Waals surface area (Å²) in [5.74, 6) is 1.31. The van der Waals surface area contributed by atoms with Gasteiger partial charge < -0.3 is 20.5 Å². The van der Waals surface area contributed by atoms with E-state index >= 15 is 0 Å². The van der Waals surface area contributed by atoms with Crippen LogP contribution < -0.4 is 15.8 Å². The smallest absolute Gasteiger partial charge is 0.419 e. The fraction of sp³-hybridized carbons (Fsp3) is 0.370. The molecule has 8 nitrogen and oxygen atoms in total. The van der Waals surface area contributed by atoms with E-state index in [1.54, 1.807) is 37.5 Å². The molecule has 0 radical (unpaired) electrons. The van der Waals surface area contributed by atoms with Crippen LogP contribution >= 0.6 is 0 Å². The van der Waals surface area contributed by atoms with Crippen LogP contribution in [0.5, 0.6) is 5.75 Å². The third-order valence-corrected chi connectivity index (χ3v) is 7.00. The molecule has 5 rings (SSSR count). The zero-order valence-corrected chi connectivity index (χ0v) is 21.2. The van der Waals surface area contributed by atoms with Crippen LogP contribution in [0.25, 0.3) is 11.4 Å². The topological polar surface area (TPSA) is 99.6 Å². The Hall–Kier alpha value is -3.86. The Bertz CT molecular complexity index is 1380. The number of rotatable bonds is 8. The third kappa shape index (κ3) is 4.40. The van der Waals surface area contributed by atoms with E-state index in [0.717, 1.165) is 12.0 Å². The van der Waals surface area contributed by atoms with Crippen molar-refractivity contribution in [2.24, 2.45) is 10.7 Å². The van der Waals surface area contributed by atoms with Crippen LogP contribution in [0.15, 0.2) is 60.5 Å². The Morgan fingerprint density at radius 2 is 2.05 bits per heavy atom. The van der Waals surface area contributed by atoms with Crippen LogP contribution in [-0.2, 0) is 16.8 Å². The molecule has 2 aliphatic heterocycles. The van der Waals surface area contributed by atoms with E-state index in [4.69, 9.17) is 15.2 Å². The number of benzene rings is 1. The molecule has 3 aromatic rings. The number of hydrogen-bond donors (Lipinski definition) is 2. The van der Waals surface area contributed by atoms with Crippen molar-refractivity contribution in [3.05, 3.63) is 72.2 Å². The van der Waals surface area contributed by atoms with E-state index in [9.17, 15) is 13.2 Å². The van der Waals surface area contributed by atoms with Gasteiger partial charge in [0.1, 0.15) is 11.6 Å². The summed E-state index contributed by atoms with van der Waals surface area (Å²) in [6.45, 7) is 7.47. The second-order valence-corrected chi connectivity index (χ2v) is 9.69. The molecule has 1 aromatic carbocycles. The zero-order chi connectivity index (χ0) is 27.1. The minimum atomic E-state index is -4.62. The number of nitrogens with two attached hydrogens (primary N) is 1. The average Bonchev–Trinajstić information content (AvgIpc) is 3.52. The van der Waals surface area contributed by atoms with Gasteiger partial charge in [0, 0.05) is 36.7 Å². The fourth-order valence-corrected chi connectivity index (χ4v) is 5.00. The molecule has 11 heteroatoms. The maximum atomic E-state index is 14.4. The van der Waals surface area contributed by atoms with Gasteiger partial charge >= 0.3 is 6.18 Å². The monoisotopic (exact) mass is 526 g/mol. The number of pyridine rings is 1. The van der Waals surface area contributed by atoms with Crippen LogP contribution in [-0.4, -0.2) is 45.5 Å². The molecular formula is C27H29F3N6O2. The van der Waals surface area contributed by atoms with Gasteiger partial charge in [0.2, 0.25) is 0 Å². The van der Waals surface area contributed by atoms with Gasteiger partial charge in [-0.2, -0.15) is 18.3 Å². The first-order valence-corrected chi connectivity index (χ1v) is 12.3. The normalized spacial score (nSPS) is 22.9. The molecule has 0 amide bonds. The lowest BCUT2D eigenvalue weighted by Crippen LogP contribution is -2.68. The molecule has 0 bridgehead atoms. The van der Waals surface area contributed by atoms with Crippen molar-refractivity contribution in [3.63, 3.8) is 0 Å². The Balaban J connectivity index is 1.39. The molecular weight excluding hydrogens is 497 g/mol. The second-order valence-electron chi connectivity index (χ2n) is 9.69. The number of aliphatic imine (C=N–C) groups is 1. The molecule has 38 heavy (non-hydrogen) atoms. The molecule has 0 spiro atoms. The first-order chi connectivity index (χ1) is 18.1. The third-order valence-electron chi connectivity index (χ3n) is 7.00. The summed E-state index contributed by atoms with van der Waals surface area (Å²) in [5.41, 5.74) is 5.33. The van der Waals surface area contributed by atoms with Crippen LogP contribution in [0.1, 0.15) is 43.4 Å². The van der Waals surface area contributed by atoms with E-state index in [-0.39, 0.29) is 12.1 Å². The number of para-hydroxylation sites is 1. The van der Waals surface area contributed by atoms with Gasteiger partial charge in [0.05, 0.1) is 42.4 Å². The lowest BCUT2D eigenvalue weighted by atomic mass is 9.74. The molecule has 200 valence electrons. The first-order valence-electron chi connectivity index (χ1n) is 12.3. The van der Waals surface area contributed by atoms with Gasteiger partial charge in [0.25, 0.3) is 0 Å². The largest absolute Gasteiger partial charge is 0.493 e. The molecule has 1 saturated heterocycles. The Labute approximate surface area is 218 Å². The summed E-state index contributed by atoms with van der Waals surface area (Å²) in [7, 11) is 0. The van der Waals surface area contributed by atoms with Gasteiger partial charge in [-0.25, -0.2) is 9.67 Å². The molecule has 2 aromatic heterocycles. The van der Waals surface area contributed by atoms with Crippen molar-refractivity contribution < 1.29 is 22.6 Å². The Kier molecular flexibility index (Phi) is 6.42. The van der Waals surface area contributed by atoms with Crippen LogP contribution in [0.2, 0.25) is 0 Å². The molecule has 0 aliphatic carbocycles. The number of ether oxygens (including phenoxy) is 2. The summed E-state index contributed by atoms with van der Waals surface area (Å²) < 4.78 is 56.2. The van der Waals surface area contributed by atoms with Crippen molar-refractivity contribution in [2.75, 3.05) is 13.2 Å². The van der Waals surface area contributed by atoms with Crippen molar-refractivity contribution in [1.29, 1.82) is 0 Å². The second kappa shape index (κ2) is 9.46. The van der Waals surface area contributed by atoms with E-state index in [2.05, 4.69) is 27.0 Å². The van der Waals surface area contributed by atoms with Crippen molar-refractivity contribution in [2.45, 2.75) is 50.5 Å². The summed E-state index contributed by atoms with van der Waals surface area (Å²) >= 11 is 0. The highest BCUT2D eigenvalue weighted by molar-refractivity contribution is 5.84. The number of nitrogens with one attached hydrogen (secondary N) is 1. The fourth-order valence-electron chi connectivity index (χ4n) is 5.00. The van der Waals surface area contributed by atoms with Gasteiger partial charge in [-0.05, 0) is 24.6 Å². The maximum Gasteiger partial charge on any atom is 0.419 e. The Morgan fingerprint density at radius 1 is 1.26 bits per heavy atom. The summed E-state index contributed by atoms with van der Waals surface area (Å²) in [4.78, 5) is 8.56. The number of aromatic nitrogens is 3. The van der Waals surface area contributed by atoms with E-state index in [0.29, 0.717) is 47.2 Å². The van der Waals surface area contributed by atoms with E-state index in [1.807, 2.05) is 19.1 Å². The number of fused-ring (bicyclic) bond motifs is 1. The van der Waals surface area contributed by atoms with Crippen LogP contribution in [0, 0.1) is 0 Å². The SMILES string of the molecule is C=C(NCC1(C(F)(F)F)CC(C)(c2cccc3c2OCC3)O1)c1cnn(-c2cccnc2)c1/N=C(\N)CC. The van der Waals surface area contributed by atoms with Gasteiger partial charge in [-0.1, -0.05) is 31.7 Å². The number of amidine groups is 1. The quantitative estimate of drug-likeness (QED) is 0.323. The Morgan fingerprint density at radius 3 is 2.74 bits per heavy atom. The minimum Gasteiger partial charge on any atom is -0.493 e. The van der Waals surface area contributed by atoms with Crippen LogP contribution in [0.4, 0.5) is 19.0 Å². The van der Waals surface area contributed by atoms with Crippen molar-refractivity contribution in [1.82, 2.24) is 20.1 Å². The van der Waals surface area contributed by atoms with Gasteiger partial charge in [0.15, 0.2) is 11.4 Å². The minimum absolute atomic E-state index is 0.215. The van der Waals surface area contributed by atoms with Gasteiger partial charge in [-0.3, -0.25) is 4.98 Å². The predicted molar refractivity (Wildman–Crippen MR) is 137 cm³/mol. The molecule has 3 N–H and O–H groups in total. The average molecular weight is 527 g/mol. The number of halogens is 3. The molecule has 2 unspecified atom stereocenters. The first kappa shape index (κ1) is 25.8. The van der Waals surface area contributed by atoms with Crippen LogP contribution in [0.3, 0.4) is 0 Å². The standard InChI is InChI=1S/C27H29F3N6O2/c1-4-22(31)35-24-20(14-34-36(24)19-8-6-11-32-13-19)17(2)33-16-26(27(28,29)30)15-25(3,38-26)21-9-5-7-18-10-12-37-23(18)21/h5-9,11,13-14,33H,2,4,10,12,15-16H2,1,3H3,(H2,31,35). The molecule has 4 heterocycles. The maximum absolute atomic E-state index is 14.4. The van der Waals surface area contributed by atoms with Crippen molar-refractivity contribution >= 4 is 17.4 Å². The van der Waals surface area contributed by atoms with Crippen molar-refractivity contribution in [3.8, 4) is 11.4 Å². The van der Waals surface area contributed by atoms with E-state index < -0.39 is 23.9 Å². The lowest BCUT2D eigenvalue weighted by molar-refractivity contribution is -0.382. The lowest BCUT2D eigenvalue weighted by Gasteiger charge is -2.55.